The van der Waals surface area contributed by atoms with Crippen molar-refractivity contribution in [2.45, 2.75) is 30.8 Å². The predicted octanol–water partition coefficient (Wildman–Crippen LogP) is 4.35. The fourth-order valence-corrected chi connectivity index (χ4v) is 3.68. The topological polar surface area (TPSA) is 55.6 Å². The Bertz CT molecular complexity index is 720. The molecule has 1 aromatic carbocycles. The predicted molar refractivity (Wildman–Crippen MR) is 91.8 cm³/mol. The highest BCUT2D eigenvalue weighted by Crippen LogP contribution is 2.26. The number of hydrogen-bond donors (Lipinski definition) is 1. The van der Waals surface area contributed by atoms with Crippen LogP contribution >= 0.6 is 23.1 Å². The van der Waals surface area contributed by atoms with Gasteiger partial charge in [-0.05, 0) is 26.0 Å². The van der Waals surface area contributed by atoms with Gasteiger partial charge in [0.15, 0.2) is 10.3 Å². The molecular formula is C15H17N5S2. The van der Waals surface area contributed by atoms with E-state index in [1.807, 2.05) is 30.3 Å². The van der Waals surface area contributed by atoms with E-state index in [-0.39, 0.29) is 0 Å². The van der Waals surface area contributed by atoms with Crippen LogP contribution in [-0.4, -0.2) is 19.7 Å². The van der Waals surface area contributed by atoms with Gasteiger partial charge in [0.1, 0.15) is 6.33 Å². The smallest absolute Gasteiger partial charge is 0.191 e. The largest absolute Gasteiger partial charge is 0.332 e. The van der Waals surface area contributed by atoms with Crippen LogP contribution in [0.1, 0.15) is 25.6 Å². The van der Waals surface area contributed by atoms with Gasteiger partial charge < -0.3 is 9.88 Å². The maximum absolute atomic E-state index is 4.61. The van der Waals surface area contributed by atoms with Crippen molar-refractivity contribution in [1.82, 2.24) is 19.7 Å². The summed E-state index contributed by atoms with van der Waals surface area (Å²) in [4.78, 5) is 4.61. The molecule has 0 amide bonds. The summed E-state index contributed by atoms with van der Waals surface area (Å²) in [6.07, 6.45) is 1.77. The molecule has 1 N–H and O–H groups in total. The van der Waals surface area contributed by atoms with Gasteiger partial charge >= 0.3 is 0 Å². The number of benzene rings is 1. The zero-order valence-corrected chi connectivity index (χ0v) is 14.1. The van der Waals surface area contributed by atoms with Crippen LogP contribution in [0.4, 0.5) is 10.8 Å². The maximum Gasteiger partial charge on any atom is 0.191 e. The first kappa shape index (κ1) is 15.1. The molecule has 0 aliphatic heterocycles. The first-order chi connectivity index (χ1) is 10.7. The zero-order chi connectivity index (χ0) is 15.4. The third-order valence-electron chi connectivity index (χ3n) is 3.02. The van der Waals surface area contributed by atoms with Crippen LogP contribution in [0, 0.1) is 0 Å². The first-order valence-electron chi connectivity index (χ1n) is 7.01. The molecule has 22 heavy (non-hydrogen) atoms. The summed E-state index contributed by atoms with van der Waals surface area (Å²) in [5, 5.41) is 15.4. The van der Waals surface area contributed by atoms with Crippen LogP contribution in [0.2, 0.25) is 0 Å². The van der Waals surface area contributed by atoms with Crippen molar-refractivity contribution in [3.8, 4) is 0 Å². The van der Waals surface area contributed by atoms with Gasteiger partial charge in [0, 0.05) is 22.9 Å². The van der Waals surface area contributed by atoms with Gasteiger partial charge in [-0.25, -0.2) is 4.98 Å². The lowest BCUT2D eigenvalue weighted by Gasteiger charge is -2.08. The van der Waals surface area contributed by atoms with E-state index >= 15 is 0 Å². The number of nitrogens with one attached hydrogen (secondary N) is 1. The molecule has 5 nitrogen and oxygen atoms in total. The zero-order valence-electron chi connectivity index (χ0n) is 12.4. The van der Waals surface area contributed by atoms with Gasteiger partial charge in [0.25, 0.3) is 0 Å². The Hall–Kier alpha value is -1.86. The maximum atomic E-state index is 4.61. The van der Waals surface area contributed by atoms with E-state index in [0.717, 1.165) is 27.4 Å². The van der Waals surface area contributed by atoms with Gasteiger partial charge in [-0.15, -0.1) is 21.5 Å². The number of para-hydroxylation sites is 1. The van der Waals surface area contributed by atoms with E-state index in [1.165, 1.54) is 0 Å². The minimum absolute atomic E-state index is 0.364. The molecule has 0 atom stereocenters. The third kappa shape index (κ3) is 3.66. The Morgan fingerprint density at radius 3 is 2.86 bits per heavy atom. The molecule has 3 aromatic rings. The average molecular weight is 331 g/mol. The molecular weight excluding hydrogens is 314 g/mol. The molecule has 0 spiro atoms. The van der Waals surface area contributed by atoms with Crippen LogP contribution in [0.5, 0.6) is 0 Å². The summed E-state index contributed by atoms with van der Waals surface area (Å²) in [5.41, 5.74) is 2.10. The molecule has 0 saturated heterocycles. The second kappa shape index (κ2) is 6.93. The summed E-state index contributed by atoms with van der Waals surface area (Å²) in [6, 6.07) is 10.4. The van der Waals surface area contributed by atoms with Crippen LogP contribution in [0.3, 0.4) is 0 Å². The summed E-state index contributed by atoms with van der Waals surface area (Å²) in [5.74, 6) is 0.790. The lowest BCUT2D eigenvalue weighted by atomic mass is 10.3. The number of anilines is 2. The van der Waals surface area contributed by atoms with E-state index in [4.69, 9.17) is 0 Å². The fourth-order valence-electron chi connectivity index (χ4n) is 1.90. The van der Waals surface area contributed by atoms with E-state index in [9.17, 15) is 0 Å². The van der Waals surface area contributed by atoms with Crippen molar-refractivity contribution in [1.29, 1.82) is 0 Å². The van der Waals surface area contributed by atoms with Crippen LogP contribution in [0.25, 0.3) is 0 Å². The minimum atomic E-state index is 0.364. The highest BCUT2D eigenvalue weighted by molar-refractivity contribution is 7.98. The van der Waals surface area contributed by atoms with Crippen LogP contribution < -0.4 is 5.32 Å². The molecule has 0 aliphatic rings. The van der Waals surface area contributed by atoms with Gasteiger partial charge in [0.2, 0.25) is 0 Å². The highest BCUT2D eigenvalue weighted by Gasteiger charge is 2.09. The summed E-state index contributed by atoms with van der Waals surface area (Å²) in [6.45, 7) is 4.25. The van der Waals surface area contributed by atoms with Crippen LogP contribution in [-0.2, 0) is 5.75 Å². The molecule has 2 heterocycles. The first-order valence-corrected chi connectivity index (χ1v) is 8.87. The van der Waals surface area contributed by atoms with Crippen molar-refractivity contribution in [2.75, 3.05) is 5.32 Å². The molecule has 7 heteroatoms. The molecule has 114 valence electrons. The molecule has 2 aromatic heterocycles. The Labute approximate surface area is 137 Å². The Kier molecular flexibility index (Phi) is 4.74. The van der Waals surface area contributed by atoms with Gasteiger partial charge in [-0.3, -0.25) is 0 Å². The number of aromatic nitrogens is 4. The number of nitrogens with zero attached hydrogens (tertiary/aromatic N) is 4. The van der Waals surface area contributed by atoms with Crippen molar-refractivity contribution in [3.63, 3.8) is 0 Å². The van der Waals surface area contributed by atoms with Crippen molar-refractivity contribution in [2.24, 2.45) is 0 Å². The minimum Gasteiger partial charge on any atom is -0.332 e. The number of thioether (sulfide) groups is 1. The normalized spacial score (nSPS) is 11.0. The van der Waals surface area contributed by atoms with Crippen molar-refractivity contribution < 1.29 is 0 Å². The molecule has 0 radical (unpaired) electrons. The number of thiazole rings is 1. The molecule has 0 fully saturated rings. The third-order valence-corrected chi connectivity index (χ3v) is 4.82. The molecule has 0 aliphatic carbocycles. The SMILES string of the molecule is CC(C)n1cnnc1SCc1csc(Nc2ccccc2)n1. The number of hydrogen-bond acceptors (Lipinski definition) is 6. The van der Waals surface area contributed by atoms with E-state index < -0.39 is 0 Å². The Balaban J connectivity index is 1.61. The lowest BCUT2D eigenvalue weighted by molar-refractivity contribution is 0.549. The lowest BCUT2D eigenvalue weighted by Crippen LogP contribution is -2.01. The molecule has 0 saturated carbocycles. The Morgan fingerprint density at radius 2 is 2.09 bits per heavy atom. The van der Waals surface area contributed by atoms with E-state index in [1.54, 1.807) is 29.4 Å². The van der Waals surface area contributed by atoms with Gasteiger partial charge in [-0.2, -0.15) is 0 Å². The molecule has 3 rings (SSSR count). The molecule has 0 unspecified atom stereocenters. The summed E-state index contributed by atoms with van der Waals surface area (Å²) < 4.78 is 2.07. The standard InChI is InChI=1S/C15H17N5S2/c1-11(2)20-10-16-19-15(20)22-9-13-8-21-14(18-13)17-12-6-4-3-5-7-12/h3-8,10-11H,9H2,1-2H3,(H,17,18). The second-order valence-electron chi connectivity index (χ2n) is 5.04. The number of rotatable bonds is 6. The average Bonchev–Trinajstić information content (AvgIpc) is 3.15. The van der Waals surface area contributed by atoms with E-state index in [2.05, 4.69) is 44.3 Å². The Morgan fingerprint density at radius 1 is 1.27 bits per heavy atom. The second-order valence-corrected chi connectivity index (χ2v) is 6.84. The van der Waals surface area contributed by atoms with Gasteiger partial charge in [-0.1, -0.05) is 30.0 Å². The highest BCUT2D eigenvalue weighted by atomic mass is 32.2. The summed E-state index contributed by atoms with van der Waals surface area (Å²) in [7, 11) is 0. The fraction of sp³-hybridized carbons (Fsp3) is 0.267. The molecule has 0 bridgehead atoms. The summed E-state index contributed by atoms with van der Waals surface area (Å²) >= 11 is 3.27. The van der Waals surface area contributed by atoms with Crippen LogP contribution in [0.15, 0.2) is 47.2 Å². The monoisotopic (exact) mass is 331 g/mol. The van der Waals surface area contributed by atoms with Crippen molar-refractivity contribution >= 4 is 33.9 Å². The van der Waals surface area contributed by atoms with Gasteiger partial charge in [0.05, 0.1) is 5.69 Å². The van der Waals surface area contributed by atoms with E-state index in [0.29, 0.717) is 6.04 Å². The van der Waals surface area contributed by atoms with Crippen molar-refractivity contribution in [3.05, 3.63) is 47.7 Å². The quantitative estimate of drug-likeness (QED) is 0.681.